The summed E-state index contributed by atoms with van der Waals surface area (Å²) in [6, 6.07) is 3.90. The van der Waals surface area contributed by atoms with Crippen LogP contribution in [0.2, 0.25) is 0 Å². The number of aromatic nitrogens is 1. The fourth-order valence-corrected chi connectivity index (χ4v) is 1.98. The number of nitrogens with zero attached hydrogens (tertiary/aromatic N) is 2. The number of morpholine rings is 1. The Bertz CT molecular complexity index is 378. The highest BCUT2D eigenvalue weighted by atomic mass is 16.5. The first kappa shape index (κ1) is 13.3. The topological polar surface area (TPSA) is 60.6 Å². The van der Waals surface area contributed by atoms with Crippen LogP contribution in [0, 0.1) is 6.92 Å². The molecule has 100 valence electrons. The number of aryl methyl sites for hydroxylation is 1. The van der Waals surface area contributed by atoms with Crippen molar-refractivity contribution in [3.63, 3.8) is 0 Å². The van der Waals surface area contributed by atoms with Crippen LogP contribution >= 0.6 is 0 Å². The molecule has 0 atom stereocenters. The van der Waals surface area contributed by atoms with Crippen molar-refractivity contribution in [1.29, 1.82) is 0 Å². The van der Waals surface area contributed by atoms with Gasteiger partial charge in [0.25, 0.3) is 0 Å². The number of nitrogens with two attached hydrogens (primary N) is 1. The minimum atomic E-state index is 0.411. The summed E-state index contributed by atoms with van der Waals surface area (Å²) in [5.41, 5.74) is 7.46. The Kier molecular flexibility index (Phi) is 4.92. The Labute approximate surface area is 108 Å². The van der Waals surface area contributed by atoms with E-state index in [4.69, 9.17) is 15.2 Å². The van der Waals surface area contributed by atoms with Gasteiger partial charge in [-0.3, -0.25) is 9.88 Å². The number of hydrogen-bond donors (Lipinski definition) is 1. The van der Waals surface area contributed by atoms with E-state index in [0.29, 0.717) is 13.2 Å². The second-order valence-corrected chi connectivity index (χ2v) is 4.40. The summed E-state index contributed by atoms with van der Waals surface area (Å²) < 4.78 is 11.1. The Balaban J connectivity index is 1.82. The SMILES string of the molecule is Cc1ccc(OCCN2CCOCC2)c(CN)n1. The first-order chi connectivity index (χ1) is 8.79. The molecule has 1 aliphatic heterocycles. The maximum absolute atomic E-state index is 5.76. The van der Waals surface area contributed by atoms with E-state index in [-0.39, 0.29) is 0 Å². The molecule has 0 aliphatic carbocycles. The molecule has 1 aliphatic rings. The highest BCUT2D eigenvalue weighted by Crippen LogP contribution is 2.16. The zero-order valence-electron chi connectivity index (χ0n) is 10.9. The van der Waals surface area contributed by atoms with Crippen LogP contribution in [0.15, 0.2) is 12.1 Å². The molecule has 0 radical (unpaired) electrons. The monoisotopic (exact) mass is 251 g/mol. The lowest BCUT2D eigenvalue weighted by Gasteiger charge is -2.26. The molecule has 0 saturated carbocycles. The van der Waals surface area contributed by atoms with Gasteiger partial charge in [0.1, 0.15) is 12.4 Å². The highest BCUT2D eigenvalue weighted by molar-refractivity contribution is 5.29. The van der Waals surface area contributed by atoms with Crippen LogP contribution < -0.4 is 10.5 Å². The fourth-order valence-electron chi connectivity index (χ4n) is 1.98. The molecule has 0 amide bonds. The third kappa shape index (κ3) is 3.66. The van der Waals surface area contributed by atoms with Crippen molar-refractivity contribution >= 4 is 0 Å². The van der Waals surface area contributed by atoms with Crippen LogP contribution in [-0.4, -0.2) is 49.3 Å². The molecule has 18 heavy (non-hydrogen) atoms. The summed E-state index contributed by atoms with van der Waals surface area (Å²) in [5.74, 6) is 0.802. The van der Waals surface area contributed by atoms with Crippen LogP contribution in [-0.2, 0) is 11.3 Å². The molecular formula is C13H21N3O2. The van der Waals surface area contributed by atoms with Gasteiger partial charge in [0.05, 0.1) is 18.9 Å². The minimum absolute atomic E-state index is 0.411. The molecular weight excluding hydrogens is 230 g/mol. The molecule has 5 heteroatoms. The van der Waals surface area contributed by atoms with Crippen molar-refractivity contribution in [2.75, 3.05) is 39.5 Å². The zero-order chi connectivity index (χ0) is 12.8. The minimum Gasteiger partial charge on any atom is -0.490 e. The first-order valence-corrected chi connectivity index (χ1v) is 6.39. The Morgan fingerprint density at radius 2 is 2.17 bits per heavy atom. The van der Waals surface area contributed by atoms with Gasteiger partial charge in [-0.2, -0.15) is 0 Å². The van der Waals surface area contributed by atoms with Gasteiger partial charge in [-0.15, -0.1) is 0 Å². The Hall–Kier alpha value is -1.17. The lowest BCUT2D eigenvalue weighted by atomic mass is 10.3. The summed E-state index contributed by atoms with van der Waals surface area (Å²) in [6.07, 6.45) is 0. The summed E-state index contributed by atoms with van der Waals surface area (Å²) in [6.45, 7) is 7.56. The zero-order valence-corrected chi connectivity index (χ0v) is 10.9. The summed E-state index contributed by atoms with van der Waals surface area (Å²) in [7, 11) is 0. The lowest BCUT2D eigenvalue weighted by molar-refractivity contribution is 0.0322. The Morgan fingerprint density at radius 1 is 1.39 bits per heavy atom. The van der Waals surface area contributed by atoms with Crippen molar-refractivity contribution in [2.45, 2.75) is 13.5 Å². The number of rotatable bonds is 5. The quantitative estimate of drug-likeness (QED) is 0.828. The molecule has 2 rings (SSSR count). The molecule has 2 N–H and O–H groups in total. The van der Waals surface area contributed by atoms with Crippen LogP contribution in [0.4, 0.5) is 0 Å². The van der Waals surface area contributed by atoms with E-state index < -0.39 is 0 Å². The van der Waals surface area contributed by atoms with Crippen LogP contribution in [0.1, 0.15) is 11.4 Å². The average molecular weight is 251 g/mol. The standard InChI is InChI=1S/C13H21N3O2/c1-11-2-3-13(12(10-14)15-11)18-9-6-16-4-7-17-8-5-16/h2-3H,4-10,14H2,1H3. The molecule has 0 unspecified atom stereocenters. The average Bonchev–Trinajstić information content (AvgIpc) is 2.41. The van der Waals surface area contributed by atoms with Crippen molar-refractivity contribution in [1.82, 2.24) is 9.88 Å². The van der Waals surface area contributed by atoms with E-state index in [0.717, 1.165) is 50.0 Å². The van der Waals surface area contributed by atoms with Crippen LogP contribution in [0.5, 0.6) is 5.75 Å². The van der Waals surface area contributed by atoms with Gasteiger partial charge >= 0.3 is 0 Å². The van der Waals surface area contributed by atoms with Crippen molar-refractivity contribution < 1.29 is 9.47 Å². The largest absolute Gasteiger partial charge is 0.490 e. The van der Waals surface area contributed by atoms with Gasteiger partial charge in [0.2, 0.25) is 0 Å². The summed E-state index contributed by atoms with van der Waals surface area (Å²) in [5, 5.41) is 0. The first-order valence-electron chi connectivity index (χ1n) is 6.39. The van der Waals surface area contributed by atoms with E-state index in [1.807, 2.05) is 19.1 Å². The number of hydrogen-bond acceptors (Lipinski definition) is 5. The smallest absolute Gasteiger partial charge is 0.142 e. The van der Waals surface area contributed by atoms with Crippen molar-refractivity contribution in [2.24, 2.45) is 5.73 Å². The maximum Gasteiger partial charge on any atom is 0.142 e. The van der Waals surface area contributed by atoms with Gasteiger partial charge in [-0.1, -0.05) is 0 Å². The van der Waals surface area contributed by atoms with E-state index >= 15 is 0 Å². The fraction of sp³-hybridized carbons (Fsp3) is 0.615. The predicted molar refractivity (Wildman–Crippen MR) is 69.6 cm³/mol. The normalized spacial score (nSPS) is 16.8. The third-order valence-corrected chi connectivity index (χ3v) is 3.03. The van der Waals surface area contributed by atoms with Crippen LogP contribution in [0.3, 0.4) is 0 Å². The summed E-state index contributed by atoms with van der Waals surface area (Å²) >= 11 is 0. The third-order valence-electron chi connectivity index (χ3n) is 3.03. The maximum atomic E-state index is 5.76. The second kappa shape index (κ2) is 6.68. The molecule has 1 aromatic heterocycles. The Morgan fingerprint density at radius 3 is 2.89 bits per heavy atom. The molecule has 1 saturated heterocycles. The van der Waals surface area contributed by atoms with E-state index in [9.17, 15) is 0 Å². The van der Waals surface area contributed by atoms with Gasteiger partial charge in [0.15, 0.2) is 0 Å². The lowest BCUT2D eigenvalue weighted by Crippen LogP contribution is -2.38. The van der Waals surface area contributed by atoms with E-state index in [2.05, 4.69) is 9.88 Å². The molecule has 0 spiro atoms. The van der Waals surface area contributed by atoms with Gasteiger partial charge in [-0.05, 0) is 19.1 Å². The predicted octanol–water partition coefficient (Wildman–Crippen LogP) is 0.560. The molecule has 2 heterocycles. The van der Waals surface area contributed by atoms with Gasteiger partial charge < -0.3 is 15.2 Å². The number of ether oxygens (including phenoxy) is 2. The van der Waals surface area contributed by atoms with Gasteiger partial charge in [-0.25, -0.2) is 0 Å². The van der Waals surface area contributed by atoms with Crippen molar-refractivity contribution in [3.8, 4) is 5.75 Å². The second-order valence-electron chi connectivity index (χ2n) is 4.40. The molecule has 1 fully saturated rings. The molecule has 0 bridgehead atoms. The molecule has 0 aromatic carbocycles. The highest BCUT2D eigenvalue weighted by Gasteiger charge is 2.10. The molecule has 5 nitrogen and oxygen atoms in total. The summed E-state index contributed by atoms with van der Waals surface area (Å²) in [4.78, 5) is 6.71. The van der Waals surface area contributed by atoms with E-state index in [1.54, 1.807) is 0 Å². The molecule has 1 aromatic rings. The van der Waals surface area contributed by atoms with Crippen molar-refractivity contribution in [3.05, 3.63) is 23.5 Å². The van der Waals surface area contributed by atoms with Gasteiger partial charge in [0, 0.05) is 31.9 Å². The number of pyridine rings is 1. The van der Waals surface area contributed by atoms with E-state index in [1.165, 1.54) is 0 Å². The van der Waals surface area contributed by atoms with Crippen LogP contribution in [0.25, 0.3) is 0 Å².